The average molecular weight is 492 g/mol. The molecule has 2 aromatic carbocycles. The number of rotatable bonds is 7. The van der Waals surface area contributed by atoms with Crippen LogP contribution in [0.15, 0.2) is 59.2 Å². The quantitative estimate of drug-likeness (QED) is 0.353. The highest BCUT2D eigenvalue weighted by molar-refractivity contribution is 7.22. The highest BCUT2D eigenvalue weighted by Gasteiger charge is 2.31. The van der Waals surface area contributed by atoms with E-state index in [2.05, 4.69) is 0 Å². The minimum Gasteiger partial charge on any atom is -0.495 e. The van der Waals surface area contributed by atoms with Gasteiger partial charge in [0, 0.05) is 18.4 Å². The maximum atomic E-state index is 13.8. The Morgan fingerprint density at radius 1 is 1.06 bits per heavy atom. The van der Waals surface area contributed by atoms with Crippen LogP contribution in [0.4, 0.5) is 10.8 Å². The van der Waals surface area contributed by atoms with Crippen molar-refractivity contribution in [1.29, 1.82) is 0 Å². The van der Waals surface area contributed by atoms with Crippen LogP contribution in [0, 0.1) is 0 Å². The zero-order valence-electron chi connectivity index (χ0n) is 19.0. The first-order valence-electron chi connectivity index (χ1n) is 10.8. The second kappa shape index (κ2) is 9.22. The maximum Gasteiger partial charge on any atom is 0.260 e. The van der Waals surface area contributed by atoms with Gasteiger partial charge in [-0.25, -0.2) is 4.98 Å². The van der Waals surface area contributed by atoms with E-state index >= 15 is 0 Å². The van der Waals surface area contributed by atoms with Crippen molar-refractivity contribution >= 4 is 50.1 Å². The van der Waals surface area contributed by atoms with Crippen molar-refractivity contribution in [3.8, 4) is 11.5 Å². The normalized spacial score (nSPS) is 13.5. The van der Waals surface area contributed by atoms with E-state index in [0.717, 1.165) is 9.60 Å². The Morgan fingerprint density at radius 3 is 2.49 bits per heavy atom. The largest absolute Gasteiger partial charge is 0.495 e. The molecule has 0 aliphatic carbocycles. The van der Waals surface area contributed by atoms with Gasteiger partial charge < -0.3 is 13.9 Å². The number of carbonyl (C=O) groups excluding carboxylic acids is 3. The second-order valence-electron chi connectivity index (χ2n) is 7.79. The van der Waals surface area contributed by atoms with E-state index in [1.165, 1.54) is 22.5 Å². The number of anilines is 2. The molecule has 1 aliphatic rings. The number of thiazole rings is 1. The summed E-state index contributed by atoms with van der Waals surface area (Å²) in [5.74, 6) is 0.816. The van der Waals surface area contributed by atoms with E-state index in [1.54, 1.807) is 62.8 Å². The molecule has 0 atom stereocenters. The molecular weight excluding hydrogens is 470 g/mol. The predicted octanol–water partition coefficient (Wildman–Crippen LogP) is 4.41. The monoisotopic (exact) mass is 491 g/mol. The SMILES string of the molecule is COc1ccc(OC)c2sc(N(Cc3ccco3)C(=O)c3cccc(N4C(=O)CCC4=O)c3)nc12. The van der Waals surface area contributed by atoms with Crippen molar-refractivity contribution in [2.24, 2.45) is 0 Å². The van der Waals surface area contributed by atoms with Gasteiger partial charge in [0.1, 0.15) is 27.5 Å². The molecule has 0 bridgehead atoms. The van der Waals surface area contributed by atoms with E-state index < -0.39 is 0 Å². The molecule has 0 unspecified atom stereocenters. The molecule has 10 heteroatoms. The van der Waals surface area contributed by atoms with Gasteiger partial charge in [-0.1, -0.05) is 17.4 Å². The third kappa shape index (κ3) is 4.12. The molecule has 0 saturated carbocycles. The van der Waals surface area contributed by atoms with Crippen LogP contribution in [0.1, 0.15) is 29.0 Å². The van der Waals surface area contributed by atoms with Crippen molar-refractivity contribution in [2.75, 3.05) is 24.0 Å². The third-order valence-electron chi connectivity index (χ3n) is 5.67. The summed E-state index contributed by atoms with van der Waals surface area (Å²) < 4.78 is 17.2. The van der Waals surface area contributed by atoms with E-state index in [-0.39, 0.29) is 37.1 Å². The molecule has 2 aromatic heterocycles. The number of benzene rings is 2. The first-order chi connectivity index (χ1) is 17.0. The van der Waals surface area contributed by atoms with Crippen LogP contribution < -0.4 is 19.3 Å². The Kier molecular flexibility index (Phi) is 5.96. The molecule has 4 aromatic rings. The van der Waals surface area contributed by atoms with Crippen molar-refractivity contribution in [3.63, 3.8) is 0 Å². The highest BCUT2D eigenvalue weighted by Crippen LogP contribution is 2.41. The van der Waals surface area contributed by atoms with E-state index in [1.807, 2.05) is 0 Å². The average Bonchev–Trinajstić information content (AvgIpc) is 3.62. The summed E-state index contributed by atoms with van der Waals surface area (Å²) in [4.78, 5) is 45.5. The number of carbonyl (C=O) groups is 3. The Hall–Kier alpha value is -4.18. The fourth-order valence-corrected chi connectivity index (χ4v) is 5.04. The van der Waals surface area contributed by atoms with Crippen LogP contribution in [0.3, 0.4) is 0 Å². The fraction of sp³-hybridized carbons (Fsp3) is 0.200. The number of hydrogen-bond acceptors (Lipinski definition) is 8. The van der Waals surface area contributed by atoms with E-state index in [9.17, 15) is 14.4 Å². The van der Waals surface area contributed by atoms with Gasteiger partial charge in [-0.3, -0.25) is 24.2 Å². The molecule has 178 valence electrons. The fourth-order valence-electron chi connectivity index (χ4n) is 3.97. The summed E-state index contributed by atoms with van der Waals surface area (Å²) >= 11 is 1.29. The molecule has 0 radical (unpaired) electrons. The van der Waals surface area contributed by atoms with Crippen molar-refractivity contribution < 1.29 is 28.3 Å². The maximum absolute atomic E-state index is 13.8. The van der Waals surface area contributed by atoms with Gasteiger partial charge in [0.25, 0.3) is 5.91 Å². The number of imide groups is 1. The molecule has 1 aliphatic heterocycles. The number of fused-ring (bicyclic) bond motifs is 1. The minimum atomic E-state index is -0.362. The number of methoxy groups -OCH3 is 2. The number of amides is 3. The van der Waals surface area contributed by atoms with Gasteiger partial charge in [0.15, 0.2) is 5.13 Å². The van der Waals surface area contributed by atoms with Gasteiger partial charge in [-0.2, -0.15) is 0 Å². The minimum absolute atomic E-state index is 0.127. The summed E-state index contributed by atoms with van der Waals surface area (Å²) in [7, 11) is 3.12. The van der Waals surface area contributed by atoms with Gasteiger partial charge in [-0.05, 0) is 42.5 Å². The highest BCUT2D eigenvalue weighted by atomic mass is 32.1. The summed E-state index contributed by atoms with van der Waals surface area (Å²) in [5, 5.41) is 0.419. The zero-order valence-corrected chi connectivity index (χ0v) is 19.8. The molecule has 1 saturated heterocycles. The molecule has 3 heterocycles. The Balaban J connectivity index is 1.58. The van der Waals surface area contributed by atoms with Gasteiger partial charge >= 0.3 is 0 Å². The molecule has 0 spiro atoms. The smallest absolute Gasteiger partial charge is 0.260 e. The number of furan rings is 1. The molecule has 1 fully saturated rings. The van der Waals surface area contributed by atoms with Gasteiger partial charge in [0.05, 0.1) is 32.7 Å². The third-order valence-corrected chi connectivity index (χ3v) is 6.76. The van der Waals surface area contributed by atoms with Crippen LogP contribution >= 0.6 is 11.3 Å². The Bertz CT molecular complexity index is 1370. The summed E-state index contributed by atoms with van der Waals surface area (Å²) in [6.45, 7) is 0.127. The number of hydrogen-bond donors (Lipinski definition) is 0. The van der Waals surface area contributed by atoms with Crippen molar-refractivity contribution in [2.45, 2.75) is 19.4 Å². The molecule has 35 heavy (non-hydrogen) atoms. The second-order valence-corrected chi connectivity index (χ2v) is 8.77. The summed E-state index contributed by atoms with van der Waals surface area (Å²) in [5.41, 5.74) is 1.25. The first-order valence-corrected chi connectivity index (χ1v) is 11.6. The van der Waals surface area contributed by atoms with Crippen LogP contribution in [0.2, 0.25) is 0 Å². The van der Waals surface area contributed by atoms with E-state index in [0.29, 0.717) is 39.2 Å². The lowest BCUT2D eigenvalue weighted by atomic mass is 10.1. The predicted molar refractivity (Wildman–Crippen MR) is 130 cm³/mol. The number of aromatic nitrogens is 1. The van der Waals surface area contributed by atoms with Crippen molar-refractivity contribution in [3.05, 3.63) is 66.1 Å². The van der Waals surface area contributed by atoms with Gasteiger partial charge in [0.2, 0.25) is 11.8 Å². The summed E-state index contributed by atoms with van der Waals surface area (Å²) in [6.07, 6.45) is 1.86. The van der Waals surface area contributed by atoms with Crippen LogP contribution in [-0.2, 0) is 16.1 Å². The van der Waals surface area contributed by atoms with Crippen LogP contribution in [0.5, 0.6) is 11.5 Å². The van der Waals surface area contributed by atoms with Gasteiger partial charge in [-0.15, -0.1) is 0 Å². The lowest BCUT2D eigenvalue weighted by Crippen LogP contribution is -2.31. The molecular formula is C25H21N3O6S. The van der Waals surface area contributed by atoms with Crippen LogP contribution in [-0.4, -0.2) is 36.9 Å². The lowest BCUT2D eigenvalue weighted by Gasteiger charge is -2.20. The summed E-state index contributed by atoms with van der Waals surface area (Å²) in [6, 6.07) is 13.5. The Morgan fingerprint density at radius 2 is 1.80 bits per heavy atom. The zero-order chi connectivity index (χ0) is 24.5. The molecule has 3 amide bonds. The number of ether oxygens (including phenoxy) is 2. The van der Waals surface area contributed by atoms with Crippen molar-refractivity contribution in [1.82, 2.24) is 4.98 Å². The Labute approximate surface area is 204 Å². The molecule has 5 rings (SSSR count). The van der Waals surface area contributed by atoms with Crippen LogP contribution in [0.25, 0.3) is 10.2 Å². The molecule has 0 N–H and O–H groups in total. The topological polar surface area (TPSA) is 102 Å². The lowest BCUT2D eigenvalue weighted by molar-refractivity contribution is -0.121. The standard InChI is InChI=1S/C25H21N3O6S/c1-32-18-8-9-19(33-2)23-22(18)26-25(35-23)27(14-17-7-4-12-34-17)24(31)15-5-3-6-16(13-15)28-20(29)10-11-21(28)30/h3-9,12-13H,10-11,14H2,1-2H3. The first kappa shape index (κ1) is 22.6. The number of nitrogens with zero attached hydrogens (tertiary/aromatic N) is 3. The van der Waals surface area contributed by atoms with E-state index in [4.69, 9.17) is 18.9 Å². The molecule has 9 nitrogen and oxygen atoms in total.